The Morgan fingerprint density at radius 2 is 1.43 bits per heavy atom. The molecule has 0 saturated carbocycles. The van der Waals surface area contributed by atoms with Gasteiger partial charge in [-0.2, -0.15) is 0 Å². The van der Waals surface area contributed by atoms with Crippen molar-refractivity contribution in [3.05, 3.63) is 0 Å². The molecule has 5 heteroatoms. The minimum absolute atomic E-state index is 0.0841. The molecular formula is C23H46N2O3. The third-order valence-electron chi connectivity index (χ3n) is 4.73. The number of hydrogen-bond acceptors (Lipinski definition) is 4. The van der Waals surface area contributed by atoms with E-state index in [0.717, 1.165) is 12.8 Å². The van der Waals surface area contributed by atoms with E-state index in [1.807, 2.05) is 13.8 Å². The molecule has 0 rings (SSSR count). The number of nitrogens with one attached hydrogen (secondary N) is 1. The quantitative estimate of drug-likeness (QED) is 0.344. The average Bonchev–Trinajstić information content (AvgIpc) is 2.56. The van der Waals surface area contributed by atoms with Gasteiger partial charge in [-0.05, 0) is 39.5 Å². The van der Waals surface area contributed by atoms with Gasteiger partial charge < -0.3 is 15.8 Å². The van der Waals surface area contributed by atoms with Crippen LogP contribution in [0.2, 0.25) is 0 Å². The Hall–Kier alpha value is -1.10. The highest BCUT2D eigenvalue weighted by atomic mass is 16.6. The molecule has 0 aliphatic carbocycles. The Morgan fingerprint density at radius 1 is 0.929 bits per heavy atom. The largest absolute Gasteiger partial charge is 0.444 e. The van der Waals surface area contributed by atoms with Crippen LogP contribution in [-0.4, -0.2) is 29.6 Å². The first-order valence-electron chi connectivity index (χ1n) is 11.4. The minimum Gasteiger partial charge on any atom is -0.444 e. The van der Waals surface area contributed by atoms with Gasteiger partial charge in [0.2, 0.25) is 0 Å². The van der Waals surface area contributed by atoms with Crippen LogP contribution in [0, 0.1) is 5.92 Å². The van der Waals surface area contributed by atoms with Crippen molar-refractivity contribution in [1.82, 2.24) is 5.32 Å². The van der Waals surface area contributed by atoms with E-state index < -0.39 is 23.8 Å². The van der Waals surface area contributed by atoms with Crippen LogP contribution in [0.25, 0.3) is 0 Å². The highest BCUT2D eigenvalue weighted by Gasteiger charge is 2.28. The molecule has 0 aliphatic rings. The number of rotatable bonds is 15. The second-order valence-electron chi connectivity index (χ2n) is 9.45. The molecular weight excluding hydrogens is 352 g/mol. The highest BCUT2D eigenvalue weighted by Crippen LogP contribution is 2.14. The van der Waals surface area contributed by atoms with E-state index in [4.69, 9.17) is 10.5 Å². The number of amides is 1. The molecule has 0 spiro atoms. The average molecular weight is 399 g/mol. The zero-order valence-corrected chi connectivity index (χ0v) is 19.3. The minimum atomic E-state index is -0.589. The number of hydrogen-bond donors (Lipinski definition) is 2. The summed E-state index contributed by atoms with van der Waals surface area (Å²) in [5.41, 5.74) is 5.56. The van der Waals surface area contributed by atoms with E-state index >= 15 is 0 Å². The zero-order valence-electron chi connectivity index (χ0n) is 19.3. The van der Waals surface area contributed by atoms with Gasteiger partial charge in [0, 0.05) is 0 Å². The molecule has 2 atom stereocenters. The van der Waals surface area contributed by atoms with Crippen molar-refractivity contribution in [3.8, 4) is 0 Å². The molecule has 3 N–H and O–H groups in total. The second-order valence-corrected chi connectivity index (χ2v) is 9.45. The number of unbranched alkanes of at least 4 members (excludes halogenated alkanes) is 8. The van der Waals surface area contributed by atoms with Gasteiger partial charge in [0.25, 0.3) is 0 Å². The Kier molecular flexibility index (Phi) is 14.3. The summed E-state index contributed by atoms with van der Waals surface area (Å²) in [4.78, 5) is 24.8. The maximum atomic E-state index is 12.8. The molecule has 0 aromatic carbocycles. The molecule has 1 amide bonds. The van der Waals surface area contributed by atoms with Crippen LogP contribution in [0.15, 0.2) is 0 Å². The molecule has 0 bridgehead atoms. The number of ether oxygens (including phenoxy) is 1. The predicted octanol–water partition coefficient (Wildman–Crippen LogP) is 5.74. The van der Waals surface area contributed by atoms with Crippen LogP contribution in [0.4, 0.5) is 4.79 Å². The second kappa shape index (κ2) is 14.8. The molecule has 1 unspecified atom stereocenters. The van der Waals surface area contributed by atoms with Gasteiger partial charge in [-0.1, -0.05) is 78.6 Å². The number of carbonyl (C=O) groups is 2. The van der Waals surface area contributed by atoms with E-state index in [1.54, 1.807) is 20.8 Å². The van der Waals surface area contributed by atoms with Gasteiger partial charge in [-0.3, -0.25) is 4.79 Å². The number of nitrogens with two attached hydrogens (primary N) is 1. The van der Waals surface area contributed by atoms with Crippen molar-refractivity contribution >= 4 is 11.9 Å². The fourth-order valence-corrected chi connectivity index (χ4v) is 3.24. The topological polar surface area (TPSA) is 81.4 Å². The van der Waals surface area contributed by atoms with Crippen LogP contribution >= 0.6 is 0 Å². The Balaban J connectivity index is 4.26. The fraction of sp³-hybridized carbons (Fsp3) is 0.913. The number of carbonyl (C=O) groups excluding carboxylic acids is 2. The first-order valence-corrected chi connectivity index (χ1v) is 11.4. The van der Waals surface area contributed by atoms with Gasteiger partial charge in [-0.15, -0.1) is 0 Å². The van der Waals surface area contributed by atoms with E-state index in [0.29, 0.717) is 12.8 Å². The van der Waals surface area contributed by atoms with Gasteiger partial charge in [0.15, 0.2) is 5.78 Å². The number of alkyl carbamates (subject to hydrolysis) is 1. The lowest BCUT2D eigenvalue weighted by atomic mass is 9.94. The maximum Gasteiger partial charge on any atom is 0.408 e. The molecule has 0 fully saturated rings. The summed E-state index contributed by atoms with van der Waals surface area (Å²) in [6.07, 6.45) is 11.9. The molecule has 0 aliphatic heterocycles. The Bertz CT molecular complexity index is 430. The summed E-state index contributed by atoms with van der Waals surface area (Å²) in [5.74, 6) is 0.197. The van der Waals surface area contributed by atoms with Crippen LogP contribution in [0.1, 0.15) is 112 Å². The summed E-state index contributed by atoms with van der Waals surface area (Å²) < 4.78 is 5.30. The molecule has 166 valence electrons. The van der Waals surface area contributed by atoms with E-state index in [1.165, 1.54) is 44.9 Å². The van der Waals surface area contributed by atoms with Crippen LogP contribution in [0.3, 0.4) is 0 Å². The number of ketones is 1. The van der Waals surface area contributed by atoms with Gasteiger partial charge in [0.05, 0.1) is 12.1 Å². The highest BCUT2D eigenvalue weighted by molar-refractivity contribution is 5.91. The lowest BCUT2D eigenvalue weighted by Gasteiger charge is -2.25. The van der Waals surface area contributed by atoms with E-state index in [-0.39, 0.29) is 11.7 Å². The SMILES string of the molecule is CCCCCCCCCCCC(N)C(=O)[C@H](CC(C)C)NC(=O)OC(C)(C)C. The summed E-state index contributed by atoms with van der Waals surface area (Å²) >= 11 is 0. The van der Waals surface area contributed by atoms with Crippen molar-refractivity contribution in [3.63, 3.8) is 0 Å². The lowest BCUT2D eigenvalue weighted by Crippen LogP contribution is -2.49. The van der Waals surface area contributed by atoms with Gasteiger partial charge >= 0.3 is 6.09 Å². The molecule has 0 aromatic rings. The Morgan fingerprint density at radius 3 is 1.89 bits per heavy atom. The van der Waals surface area contributed by atoms with Crippen molar-refractivity contribution in [1.29, 1.82) is 0 Å². The van der Waals surface area contributed by atoms with Crippen LogP contribution in [0.5, 0.6) is 0 Å². The third kappa shape index (κ3) is 14.9. The summed E-state index contributed by atoms with van der Waals surface area (Å²) in [5, 5.41) is 2.73. The van der Waals surface area contributed by atoms with E-state index in [9.17, 15) is 9.59 Å². The molecule has 0 aromatic heterocycles. The molecule has 0 radical (unpaired) electrons. The first kappa shape index (κ1) is 26.9. The summed E-state index contributed by atoms with van der Waals surface area (Å²) in [6, 6.07) is -1.10. The lowest BCUT2D eigenvalue weighted by molar-refractivity contribution is -0.122. The summed E-state index contributed by atoms with van der Waals surface area (Å²) in [6.45, 7) is 11.7. The van der Waals surface area contributed by atoms with Crippen molar-refractivity contribution < 1.29 is 14.3 Å². The van der Waals surface area contributed by atoms with Crippen LogP contribution in [-0.2, 0) is 9.53 Å². The molecule has 5 nitrogen and oxygen atoms in total. The summed E-state index contributed by atoms with van der Waals surface area (Å²) in [7, 11) is 0. The fourth-order valence-electron chi connectivity index (χ4n) is 3.24. The standard InChI is InChI=1S/C23H46N2O3/c1-7-8-9-10-11-12-13-14-15-16-19(24)21(26)20(17-18(2)3)25-22(27)28-23(4,5)6/h18-20H,7-17,24H2,1-6H3,(H,25,27)/t19?,20-/m0/s1. The molecule has 0 saturated heterocycles. The van der Waals surface area contributed by atoms with Gasteiger partial charge in [-0.25, -0.2) is 4.79 Å². The first-order chi connectivity index (χ1) is 13.1. The predicted molar refractivity (Wildman–Crippen MR) is 117 cm³/mol. The molecule has 0 heterocycles. The van der Waals surface area contributed by atoms with Crippen molar-refractivity contribution in [2.75, 3.05) is 0 Å². The third-order valence-corrected chi connectivity index (χ3v) is 4.73. The Labute approximate surface area is 173 Å². The monoisotopic (exact) mass is 398 g/mol. The smallest absolute Gasteiger partial charge is 0.408 e. The maximum absolute atomic E-state index is 12.8. The normalized spacial score (nSPS) is 14.0. The van der Waals surface area contributed by atoms with E-state index in [2.05, 4.69) is 12.2 Å². The van der Waals surface area contributed by atoms with Gasteiger partial charge in [0.1, 0.15) is 5.60 Å². The zero-order chi connectivity index (χ0) is 21.6. The van der Waals surface area contributed by atoms with Crippen LogP contribution < -0.4 is 11.1 Å². The number of Topliss-reactive ketones (excluding diaryl/α,β-unsaturated/α-hetero) is 1. The molecule has 28 heavy (non-hydrogen) atoms. The van der Waals surface area contributed by atoms with Crippen molar-refractivity contribution in [2.24, 2.45) is 11.7 Å². The van der Waals surface area contributed by atoms with Crippen molar-refractivity contribution in [2.45, 2.75) is 130 Å².